The Bertz CT molecular complexity index is 673. The smallest absolute Gasteiger partial charge is 0.118 e. The van der Waals surface area contributed by atoms with Gasteiger partial charge in [-0.3, -0.25) is 0 Å². The molecule has 3 nitrogen and oxygen atoms in total. The molecule has 3 aromatic rings. The highest BCUT2D eigenvalue weighted by atomic mass is 32.1. The fourth-order valence-corrected chi connectivity index (χ4v) is 3.12. The number of fused-ring (bicyclic) bond motifs is 1. The highest BCUT2D eigenvalue weighted by Gasteiger charge is 2.12. The molecular formula is C16H15NO2S. The van der Waals surface area contributed by atoms with E-state index in [1.807, 2.05) is 42.5 Å². The molecule has 2 aromatic carbocycles. The standard InChI is InChI=1S/C16H15NO2S/c1-19-12-8-6-11(7-9-12)14(18)10-16-17-13-4-2-3-5-15(13)20-16/h2-9,14,18H,10H2,1H3/t14-/m1/s1. The Morgan fingerprint density at radius 1 is 1.15 bits per heavy atom. The lowest BCUT2D eigenvalue weighted by Crippen LogP contribution is -2.01. The SMILES string of the molecule is COc1ccc([C@H](O)Cc2nc3ccccc3s2)cc1. The van der Waals surface area contributed by atoms with Crippen LogP contribution in [0.3, 0.4) is 0 Å². The first-order valence-electron chi connectivity index (χ1n) is 6.43. The summed E-state index contributed by atoms with van der Waals surface area (Å²) in [6.45, 7) is 0. The molecule has 102 valence electrons. The number of hydrogen-bond acceptors (Lipinski definition) is 4. The van der Waals surface area contributed by atoms with Crippen molar-refractivity contribution in [2.45, 2.75) is 12.5 Å². The van der Waals surface area contributed by atoms with Crippen LogP contribution in [-0.4, -0.2) is 17.2 Å². The molecule has 1 aromatic heterocycles. The zero-order valence-corrected chi connectivity index (χ0v) is 11.9. The van der Waals surface area contributed by atoms with E-state index in [0.29, 0.717) is 6.42 Å². The van der Waals surface area contributed by atoms with Crippen LogP contribution in [0.2, 0.25) is 0 Å². The summed E-state index contributed by atoms with van der Waals surface area (Å²) < 4.78 is 6.27. The Morgan fingerprint density at radius 2 is 1.90 bits per heavy atom. The highest BCUT2D eigenvalue weighted by molar-refractivity contribution is 7.18. The summed E-state index contributed by atoms with van der Waals surface area (Å²) >= 11 is 1.63. The Kier molecular flexibility index (Phi) is 3.67. The lowest BCUT2D eigenvalue weighted by molar-refractivity contribution is 0.178. The van der Waals surface area contributed by atoms with E-state index in [1.165, 1.54) is 0 Å². The molecule has 0 spiro atoms. The fourth-order valence-electron chi connectivity index (χ4n) is 2.12. The van der Waals surface area contributed by atoms with Gasteiger partial charge in [-0.2, -0.15) is 0 Å². The van der Waals surface area contributed by atoms with Crippen LogP contribution in [-0.2, 0) is 6.42 Å². The van der Waals surface area contributed by atoms with Crippen molar-refractivity contribution < 1.29 is 9.84 Å². The first-order valence-corrected chi connectivity index (χ1v) is 7.24. The number of ether oxygens (including phenoxy) is 1. The summed E-state index contributed by atoms with van der Waals surface area (Å²) in [6.07, 6.45) is -0.00690. The summed E-state index contributed by atoms with van der Waals surface area (Å²) in [5.41, 5.74) is 1.87. The van der Waals surface area contributed by atoms with Crippen molar-refractivity contribution >= 4 is 21.6 Å². The van der Waals surface area contributed by atoms with Gasteiger partial charge in [-0.1, -0.05) is 24.3 Å². The summed E-state index contributed by atoms with van der Waals surface area (Å²) in [4.78, 5) is 4.55. The molecule has 0 saturated heterocycles. The topological polar surface area (TPSA) is 42.4 Å². The predicted molar refractivity (Wildman–Crippen MR) is 81.3 cm³/mol. The molecule has 20 heavy (non-hydrogen) atoms. The minimum absolute atomic E-state index is 0.533. The van der Waals surface area contributed by atoms with E-state index in [2.05, 4.69) is 11.1 Å². The fraction of sp³-hybridized carbons (Fsp3) is 0.188. The van der Waals surface area contributed by atoms with Crippen LogP contribution < -0.4 is 4.74 Å². The lowest BCUT2D eigenvalue weighted by Gasteiger charge is -2.09. The summed E-state index contributed by atoms with van der Waals surface area (Å²) in [5.74, 6) is 0.793. The maximum Gasteiger partial charge on any atom is 0.118 e. The quantitative estimate of drug-likeness (QED) is 0.796. The molecular weight excluding hydrogens is 270 g/mol. The van der Waals surface area contributed by atoms with Crippen LogP contribution in [0.15, 0.2) is 48.5 Å². The molecule has 0 aliphatic carbocycles. The highest BCUT2D eigenvalue weighted by Crippen LogP contribution is 2.26. The number of rotatable bonds is 4. The Morgan fingerprint density at radius 3 is 2.60 bits per heavy atom. The third-order valence-electron chi connectivity index (χ3n) is 3.21. The Labute approximate surface area is 121 Å². The molecule has 4 heteroatoms. The molecule has 0 saturated carbocycles. The van der Waals surface area contributed by atoms with Gasteiger partial charge in [-0.25, -0.2) is 4.98 Å². The van der Waals surface area contributed by atoms with Crippen molar-refractivity contribution in [3.8, 4) is 5.75 Å². The van der Waals surface area contributed by atoms with E-state index in [4.69, 9.17) is 4.74 Å². The molecule has 0 radical (unpaired) electrons. The summed E-state index contributed by atoms with van der Waals surface area (Å²) in [7, 11) is 1.63. The number of aliphatic hydroxyl groups is 1. The van der Waals surface area contributed by atoms with Crippen molar-refractivity contribution in [2.75, 3.05) is 7.11 Å². The number of benzene rings is 2. The maximum absolute atomic E-state index is 10.3. The largest absolute Gasteiger partial charge is 0.497 e. The van der Waals surface area contributed by atoms with Crippen molar-refractivity contribution in [1.82, 2.24) is 4.98 Å². The molecule has 0 aliphatic heterocycles. The average Bonchev–Trinajstić information content (AvgIpc) is 2.89. The van der Waals surface area contributed by atoms with Crippen molar-refractivity contribution in [3.63, 3.8) is 0 Å². The number of hydrogen-bond donors (Lipinski definition) is 1. The van der Waals surface area contributed by atoms with Crippen LogP contribution in [0.1, 0.15) is 16.7 Å². The zero-order valence-electron chi connectivity index (χ0n) is 11.1. The van der Waals surface area contributed by atoms with Crippen LogP contribution in [0, 0.1) is 0 Å². The van der Waals surface area contributed by atoms with Gasteiger partial charge in [0.05, 0.1) is 28.4 Å². The van der Waals surface area contributed by atoms with E-state index >= 15 is 0 Å². The molecule has 0 bridgehead atoms. The number of methoxy groups -OCH3 is 1. The number of aliphatic hydroxyl groups excluding tert-OH is 1. The average molecular weight is 285 g/mol. The molecule has 0 unspecified atom stereocenters. The van der Waals surface area contributed by atoms with Crippen molar-refractivity contribution in [3.05, 3.63) is 59.1 Å². The molecule has 0 fully saturated rings. The van der Waals surface area contributed by atoms with Crippen molar-refractivity contribution in [2.24, 2.45) is 0 Å². The minimum atomic E-state index is -0.540. The number of para-hydroxylation sites is 1. The van der Waals surface area contributed by atoms with Gasteiger partial charge < -0.3 is 9.84 Å². The van der Waals surface area contributed by atoms with Crippen LogP contribution >= 0.6 is 11.3 Å². The third kappa shape index (κ3) is 2.66. The monoisotopic (exact) mass is 285 g/mol. The second kappa shape index (κ2) is 5.61. The van der Waals surface area contributed by atoms with E-state index < -0.39 is 6.10 Å². The summed E-state index contributed by atoms with van der Waals surface area (Å²) in [5, 5.41) is 11.2. The normalized spacial score (nSPS) is 12.5. The first kappa shape index (κ1) is 13.1. The van der Waals surface area contributed by atoms with Crippen LogP contribution in [0.4, 0.5) is 0 Å². The van der Waals surface area contributed by atoms with Crippen LogP contribution in [0.25, 0.3) is 10.2 Å². The van der Waals surface area contributed by atoms with E-state index in [9.17, 15) is 5.11 Å². The molecule has 1 N–H and O–H groups in total. The van der Waals surface area contributed by atoms with Gasteiger partial charge in [-0.15, -0.1) is 11.3 Å². The molecule has 1 heterocycles. The van der Waals surface area contributed by atoms with Gasteiger partial charge in [0, 0.05) is 6.42 Å². The third-order valence-corrected chi connectivity index (χ3v) is 4.27. The first-order chi connectivity index (χ1) is 9.76. The molecule has 3 rings (SSSR count). The lowest BCUT2D eigenvalue weighted by atomic mass is 10.1. The maximum atomic E-state index is 10.3. The van der Waals surface area contributed by atoms with E-state index in [-0.39, 0.29) is 0 Å². The summed E-state index contributed by atoms with van der Waals surface area (Å²) in [6, 6.07) is 15.5. The molecule has 1 atom stereocenters. The van der Waals surface area contributed by atoms with E-state index in [0.717, 1.165) is 26.5 Å². The molecule has 0 amide bonds. The number of aromatic nitrogens is 1. The predicted octanol–water partition coefficient (Wildman–Crippen LogP) is 3.58. The van der Waals surface area contributed by atoms with Gasteiger partial charge in [0.2, 0.25) is 0 Å². The molecule has 0 aliphatic rings. The Balaban J connectivity index is 1.78. The van der Waals surface area contributed by atoms with Gasteiger partial charge in [0.15, 0.2) is 0 Å². The Hall–Kier alpha value is -1.91. The van der Waals surface area contributed by atoms with Crippen LogP contribution in [0.5, 0.6) is 5.75 Å². The number of nitrogens with zero attached hydrogens (tertiary/aromatic N) is 1. The number of thiazole rings is 1. The minimum Gasteiger partial charge on any atom is -0.497 e. The second-order valence-corrected chi connectivity index (χ2v) is 5.68. The second-order valence-electron chi connectivity index (χ2n) is 4.57. The van der Waals surface area contributed by atoms with Gasteiger partial charge in [0.1, 0.15) is 5.75 Å². The van der Waals surface area contributed by atoms with Gasteiger partial charge in [-0.05, 0) is 29.8 Å². The van der Waals surface area contributed by atoms with Gasteiger partial charge in [0.25, 0.3) is 0 Å². The van der Waals surface area contributed by atoms with Gasteiger partial charge >= 0.3 is 0 Å². The van der Waals surface area contributed by atoms with E-state index in [1.54, 1.807) is 18.4 Å². The zero-order chi connectivity index (χ0) is 13.9. The van der Waals surface area contributed by atoms with Crippen molar-refractivity contribution in [1.29, 1.82) is 0 Å².